The van der Waals surface area contributed by atoms with Crippen LogP contribution in [0.25, 0.3) is 5.69 Å². The fraction of sp³-hybridized carbons (Fsp3) is 0.182. The standard InChI is InChI=1S/C22H22N2O3/c1-3-23(15-17-7-5-4-6-8-17)22(26)18-9-14-21(25)24(16-18)19-10-12-20(27-2)13-11-19/h4-14,16H,3,15H2,1-2H3. The lowest BCUT2D eigenvalue weighted by Gasteiger charge is -2.21. The highest BCUT2D eigenvalue weighted by Crippen LogP contribution is 2.15. The van der Waals surface area contributed by atoms with Crippen molar-refractivity contribution in [1.29, 1.82) is 0 Å². The Labute approximate surface area is 158 Å². The number of aromatic nitrogens is 1. The summed E-state index contributed by atoms with van der Waals surface area (Å²) in [6.07, 6.45) is 1.60. The van der Waals surface area contributed by atoms with E-state index in [1.54, 1.807) is 48.5 Å². The number of carbonyl (C=O) groups is 1. The molecule has 1 aromatic heterocycles. The highest BCUT2D eigenvalue weighted by molar-refractivity contribution is 5.94. The summed E-state index contributed by atoms with van der Waals surface area (Å²) in [7, 11) is 1.59. The van der Waals surface area contributed by atoms with Crippen molar-refractivity contribution in [2.75, 3.05) is 13.7 Å². The second-order valence-electron chi connectivity index (χ2n) is 6.13. The van der Waals surface area contributed by atoms with Crippen LogP contribution in [0.4, 0.5) is 0 Å². The topological polar surface area (TPSA) is 51.5 Å². The van der Waals surface area contributed by atoms with Crippen LogP contribution in [0.15, 0.2) is 77.7 Å². The van der Waals surface area contributed by atoms with E-state index in [1.807, 2.05) is 37.3 Å². The summed E-state index contributed by atoms with van der Waals surface area (Å²) < 4.78 is 6.63. The van der Waals surface area contributed by atoms with Crippen molar-refractivity contribution in [2.24, 2.45) is 0 Å². The van der Waals surface area contributed by atoms with Gasteiger partial charge in [0.05, 0.1) is 12.7 Å². The summed E-state index contributed by atoms with van der Waals surface area (Å²) in [5, 5.41) is 0. The largest absolute Gasteiger partial charge is 0.497 e. The molecule has 3 rings (SSSR count). The van der Waals surface area contributed by atoms with Gasteiger partial charge in [0.2, 0.25) is 0 Å². The SMILES string of the molecule is CCN(Cc1ccccc1)C(=O)c1ccc(=O)n(-c2ccc(OC)cc2)c1. The molecule has 0 unspecified atom stereocenters. The minimum Gasteiger partial charge on any atom is -0.497 e. The van der Waals surface area contributed by atoms with Gasteiger partial charge in [0.1, 0.15) is 5.75 Å². The second-order valence-corrected chi connectivity index (χ2v) is 6.13. The first-order valence-electron chi connectivity index (χ1n) is 8.82. The average molecular weight is 362 g/mol. The molecule has 0 saturated heterocycles. The van der Waals surface area contributed by atoms with Crippen molar-refractivity contribution < 1.29 is 9.53 Å². The summed E-state index contributed by atoms with van der Waals surface area (Å²) in [6, 6.07) is 20.0. The molecule has 3 aromatic rings. The van der Waals surface area contributed by atoms with Crippen LogP contribution >= 0.6 is 0 Å². The normalized spacial score (nSPS) is 10.4. The lowest BCUT2D eigenvalue weighted by atomic mass is 10.2. The summed E-state index contributed by atoms with van der Waals surface area (Å²) in [5.41, 5.74) is 2.03. The van der Waals surface area contributed by atoms with Crippen molar-refractivity contribution in [3.8, 4) is 11.4 Å². The first kappa shape index (κ1) is 18.5. The molecule has 1 amide bonds. The number of benzene rings is 2. The molecule has 0 aliphatic rings. The summed E-state index contributed by atoms with van der Waals surface area (Å²) in [6.45, 7) is 3.05. The molecular weight excluding hydrogens is 340 g/mol. The molecule has 5 heteroatoms. The first-order valence-corrected chi connectivity index (χ1v) is 8.82. The predicted molar refractivity (Wildman–Crippen MR) is 105 cm³/mol. The number of nitrogens with zero attached hydrogens (tertiary/aromatic N) is 2. The van der Waals surface area contributed by atoms with Crippen LogP contribution in [0.3, 0.4) is 0 Å². The van der Waals surface area contributed by atoms with Crippen LogP contribution in [0, 0.1) is 0 Å². The molecule has 0 aliphatic carbocycles. The van der Waals surface area contributed by atoms with Gasteiger partial charge in [0, 0.05) is 31.0 Å². The maximum Gasteiger partial charge on any atom is 0.255 e. The van der Waals surface area contributed by atoms with Gasteiger partial charge in [-0.1, -0.05) is 30.3 Å². The summed E-state index contributed by atoms with van der Waals surface area (Å²) in [5.74, 6) is 0.600. The number of pyridine rings is 1. The average Bonchev–Trinajstić information content (AvgIpc) is 2.73. The highest BCUT2D eigenvalue weighted by atomic mass is 16.5. The van der Waals surface area contributed by atoms with Crippen LogP contribution in [0.5, 0.6) is 5.75 Å². The molecule has 5 nitrogen and oxygen atoms in total. The van der Waals surface area contributed by atoms with Gasteiger partial charge < -0.3 is 9.64 Å². The second kappa shape index (κ2) is 8.36. The Balaban J connectivity index is 1.89. The lowest BCUT2D eigenvalue weighted by Crippen LogP contribution is -2.31. The molecule has 0 fully saturated rings. The Hall–Kier alpha value is -3.34. The van der Waals surface area contributed by atoms with Crippen molar-refractivity contribution in [3.05, 3.63) is 94.4 Å². The number of amides is 1. The first-order chi connectivity index (χ1) is 13.1. The van der Waals surface area contributed by atoms with Gasteiger partial charge in [-0.25, -0.2) is 0 Å². The molecular formula is C22H22N2O3. The number of ether oxygens (including phenoxy) is 1. The van der Waals surface area contributed by atoms with Crippen LogP contribution in [0.2, 0.25) is 0 Å². The minimum atomic E-state index is -0.192. The fourth-order valence-corrected chi connectivity index (χ4v) is 2.87. The van der Waals surface area contributed by atoms with E-state index in [2.05, 4.69) is 0 Å². The Morgan fingerprint density at radius 3 is 2.33 bits per heavy atom. The van der Waals surface area contributed by atoms with Crippen molar-refractivity contribution in [3.63, 3.8) is 0 Å². The number of rotatable bonds is 6. The summed E-state index contributed by atoms with van der Waals surface area (Å²) >= 11 is 0. The van der Waals surface area contributed by atoms with E-state index in [9.17, 15) is 9.59 Å². The minimum absolute atomic E-state index is 0.108. The maximum atomic E-state index is 13.0. The molecule has 0 spiro atoms. The Morgan fingerprint density at radius 2 is 1.70 bits per heavy atom. The quantitative estimate of drug-likeness (QED) is 0.674. The molecule has 27 heavy (non-hydrogen) atoms. The van der Waals surface area contributed by atoms with Gasteiger partial charge in [0.15, 0.2) is 0 Å². The number of hydrogen-bond acceptors (Lipinski definition) is 3. The van der Waals surface area contributed by atoms with Crippen LogP contribution in [-0.4, -0.2) is 29.0 Å². The molecule has 1 heterocycles. The van der Waals surface area contributed by atoms with Crippen LogP contribution in [-0.2, 0) is 6.54 Å². The summed E-state index contributed by atoms with van der Waals surface area (Å²) in [4.78, 5) is 27.0. The van der Waals surface area contributed by atoms with Crippen molar-refractivity contribution in [1.82, 2.24) is 9.47 Å². The third-order valence-electron chi connectivity index (χ3n) is 4.39. The molecule has 0 bridgehead atoms. The highest BCUT2D eigenvalue weighted by Gasteiger charge is 2.16. The number of methoxy groups -OCH3 is 1. The van der Waals surface area contributed by atoms with Gasteiger partial charge >= 0.3 is 0 Å². The molecule has 2 aromatic carbocycles. The lowest BCUT2D eigenvalue weighted by molar-refractivity contribution is 0.0752. The zero-order valence-electron chi connectivity index (χ0n) is 15.5. The number of carbonyl (C=O) groups excluding carboxylic acids is 1. The number of hydrogen-bond donors (Lipinski definition) is 0. The molecule has 138 valence electrons. The van der Waals surface area contributed by atoms with E-state index in [1.165, 1.54) is 10.6 Å². The van der Waals surface area contributed by atoms with Crippen LogP contribution < -0.4 is 10.3 Å². The van der Waals surface area contributed by atoms with E-state index < -0.39 is 0 Å². The van der Waals surface area contributed by atoms with E-state index >= 15 is 0 Å². The third-order valence-corrected chi connectivity index (χ3v) is 4.39. The van der Waals surface area contributed by atoms with Crippen molar-refractivity contribution >= 4 is 5.91 Å². The molecule has 0 atom stereocenters. The molecule has 0 aliphatic heterocycles. The molecule has 0 saturated carbocycles. The third kappa shape index (κ3) is 4.26. The Kier molecular flexibility index (Phi) is 5.71. The van der Waals surface area contributed by atoms with Gasteiger partial charge in [0.25, 0.3) is 11.5 Å². The van der Waals surface area contributed by atoms with E-state index in [4.69, 9.17) is 4.74 Å². The fourth-order valence-electron chi connectivity index (χ4n) is 2.87. The smallest absolute Gasteiger partial charge is 0.255 e. The molecule has 0 radical (unpaired) electrons. The van der Waals surface area contributed by atoms with Gasteiger partial charge in [-0.2, -0.15) is 0 Å². The van der Waals surface area contributed by atoms with Gasteiger partial charge in [-0.3, -0.25) is 14.2 Å². The molecule has 0 N–H and O–H groups in total. The van der Waals surface area contributed by atoms with Crippen molar-refractivity contribution in [2.45, 2.75) is 13.5 Å². The van der Waals surface area contributed by atoms with E-state index in [-0.39, 0.29) is 11.5 Å². The predicted octanol–water partition coefficient (Wildman–Crippen LogP) is 3.51. The maximum absolute atomic E-state index is 13.0. The van der Waals surface area contributed by atoms with E-state index in [0.717, 1.165) is 5.56 Å². The zero-order valence-corrected chi connectivity index (χ0v) is 15.5. The zero-order chi connectivity index (χ0) is 19.2. The van der Waals surface area contributed by atoms with Gasteiger partial charge in [-0.15, -0.1) is 0 Å². The Morgan fingerprint density at radius 1 is 1.00 bits per heavy atom. The monoisotopic (exact) mass is 362 g/mol. The Bertz CT molecular complexity index is 963. The van der Waals surface area contributed by atoms with E-state index in [0.29, 0.717) is 30.1 Å². The van der Waals surface area contributed by atoms with Gasteiger partial charge in [-0.05, 0) is 42.8 Å². The van der Waals surface area contributed by atoms with Crippen LogP contribution in [0.1, 0.15) is 22.8 Å².